The highest BCUT2D eigenvalue weighted by Crippen LogP contribution is 2.19. The van der Waals surface area contributed by atoms with Crippen molar-refractivity contribution < 1.29 is 14.3 Å². The molecule has 0 saturated heterocycles. The molecule has 0 N–H and O–H groups in total. The van der Waals surface area contributed by atoms with E-state index in [1.165, 1.54) is 14.2 Å². The Balaban J connectivity index is 2.24. The molecule has 1 aromatic heterocycles. The Morgan fingerprint density at radius 3 is 2.50 bits per heavy atom. The number of ether oxygens (including phenoxy) is 2. The molecule has 0 aliphatic carbocycles. The monoisotopic (exact) mass is 246 g/mol. The molecule has 1 unspecified atom stereocenters. The molecule has 0 fully saturated rings. The van der Waals surface area contributed by atoms with Gasteiger partial charge in [-0.15, -0.1) is 0 Å². The second-order valence-corrected chi connectivity index (χ2v) is 3.68. The largest absolute Gasteiger partial charge is 0.467 e. The predicted octanol–water partition coefficient (Wildman–Crippen LogP) is 1.73. The Labute approximate surface area is 105 Å². The number of benzene rings is 1. The molecule has 0 saturated carbocycles. The average Bonchev–Trinajstić information content (AvgIpc) is 2.94. The minimum absolute atomic E-state index is 0.413. The maximum absolute atomic E-state index is 11.5. The number of rotatable bonds is 4. The van der Waals surface area contributed by atoms with Crippen LogP contribution in [0, 0.1) is 0 Å². The molecule has 0 aliphatic heterocycles. The van der Waals surface area contributed by atoms with Gasteiger partial charge in [-0.05, 0) is 23.8 Å². The smallest absolute Gasteiger partial charge is 0.339 e. The van der Waals surface area contributed by atoms with E-state index in [2.05, 4.69) is 9.84 Å². The summed E-state index contributed by atoms with van der Waals surface area (Å²) in [5.41, 5.74) is 1.67. The van der Waals surface area contributed by atoms with Crippen molar-refractivity contribution in [1.82, 2.24) is 9.78 Å². The van der Waals surface area contributed by atoms with Gasteiger partial charge in [-0.3, -0.25) is 0 Å². The fourth-order valence-corrected chi connectivity index (χ4v) is 1.70. The summed E-state index contributed by atoms with van der Waals surface area (Å²) in [6.45, 7) is 0. The van der Waals surface area contributed by atoms with Gasteiger partial charge in [0, 0.05) is 19.5 Å². The first-order valence-corrected chi connectivity index (χ1v) is 5.47. The van der Waals surface area contributed by atoms with Gasteiger partial charge >= 0.3 is 5.97 Å². The van der Waals surface area contributed by atoms with Crippen molar-refractivity contribution in [3.63, 3.8) is 0 Å². The van der Waals surface area contributed by atoms with Gasteiger partial charge in [0.15, 0.2) is 6.10 Å². The molecule has 94 valence electrons. The van der Waals surface area contributed by atoms with Crippen LogP contribution in [0.5, 0.6) is 0 Å². The van der Waals surface area contributed by atoms with Gasteiger partial charge in [-0.2, -0.15) is 5.10 Å². The zero-order chi connectivity index (χ0) is 13.0. The molecular formula is C13H14N2O3. The maximum atomic E-state index is 11.5. The Morgan fingerprint density at radius 1 is 1.28 bits per heavy atom. The van der Waals surface area contributed by atoms with E-state index in [1.54, 1.807) is 10.9 Å². The molecule has 1 heterocycles. The molecule has 2 rings (SSSR count). The zero-order valence-electron chi connectivity index (χ0n) is 10.2. The van der Waals surface area contributed by atoms with Crippen LogP contribution in [-0.4, -0.2) is 30.0 Å². The third-order valence-electron chi connectivity index (χ3n) is 2.62. The number of nitrogens with zero attached hydrogens (tertiary/aromatic N) is 2. The van der Waals surface area contributed by atoms with Crippen molar-refractivity contribution >= 4 is 5.97 Å². The van der Waals surface area contributed by atoms with Crippen LogP contribution in [0.15, 0.2) is 42.7 Å². The summed E-state index contributed by atoms with van der Waals surface area (Å²) in [4.78, 5) is 11.5. The molecular weight excluding hydrogens is 232 g/mol. The van der Waals surface area contributed by atoms with Gasteiger partial charge in [0.25, 0.3) is 0 Å². The highest BCUT2D eigenvalue weighted by Gasteiger charge is 2.20. The summed E-state index contributed by atoms with van der Waals surface area (Å²) >= 11 is 0. The summed E-state index contributed by atoms with van der Waals surface area (Å²) in [5.74, 6) is -0.413. The number of methoxy groups -OCH3 is 2. The van der Waals surface area contributed by atoms with E-state index in [0.29, 0.717) is 0 Å². The fourth-order valence-electron chi connectivity index (χ4n) is 1.70. The quantitative estimate of drug-likeness (QED) is 0.771. The van der Waals surface area contributed by atoms with Crippen LogP contribution >= 0.6 is 0 Å². The van der Waals surface area contributed by atoms with Crippen LogP contribution in [0.25, 0.3) is 5.69 Å². The number of hydrogen-bond donors (Lipinski definition) is 0. The highest BCUT2D eigenvalue weighted by molar-refractivity contribution is 5.76. The first-order chi connectivity index (χ1) is 8.76. The Hall–Kier alpha value is -2.14. The lowest BCUT2D eigenvalue weighted by Crippen LogP contribution is -2.16. The van der Waals surface area contributed by atoms with Crippen molar-refractivity contribution in [2.24, 2.45) is 0 Å². The van der Waals surface area contributed by atoms with Crippen LogP contribution in [0.3, 0.4) is 0 Å². The van der Waals surface area contributed by atoms with E-state index in [4.69, 9.17) is 4.74 Å². The van der Waals surface area contributed by atoms with E-state index in [0.717, 1.165) is 11.3 Å². The van der Waals surface area contributed by atoms with Crippen molar-refractivity contribution in [2.45, 2.75) is 6.10 Å². The first-order valence-electron chi connectivity index (χ1n) is 5.47. The number of hydrogen-bond acceptors (Lipinski definition) is 4. The first kappa shape index (κ1) is 12.3. The minimum atomic E-state index is -0.693. The van der Waals surface area contributed by atoms with Gasteiger partial charge in [-0.25, -0.2) is 9.48 Å². The molecule has 1 aromatic carbocycles. The average molecular weight is 246 g/mol. The maximum Gasteiger partial charge on any atom is 0.339 e. The third kappa shape index (κ3) is 2.41. The molecule has 5 nitrogen and oxygen atoms in total. The van der Waals surface area contributed by atoms with Crippen molar-refractivity contribution in [3.05, 3.63) is 48.3 Å². The van der Waals surface area contributed by atoms with Crippen LogP contribution in [0.4, 0.5) is 0 Å². The predicted molar refractivity (Wildman–Crippen MR) is 65.3 cm³/mol. The summed E-state index contributed by atoms with van der Waals surface area (Å²) in [7, 11) is 2.81. The van der Waals surface area contributed by atoms with Crippen LogP contribution in [-0.2, 0) is 14.3 Å². The molecule has 0 bridgehead atoms. The van der Waals surface area contributed by atoms with Gasteiger partial charge in [0.05, 0.1) is 12.8 Å². The van der Waals surface area contributed by atoms with Gasteiger partial charge in [0.2, 0.25) is 0 Å². The normalized spacial score (nSPS) is 12.1. The second-order valence-electron chi connectivity index (χ2n) is 3.68. The molecule has 5 heteroatoms. The van der Waals surface area contributed by atoms with Crippen molar-refractivity contribution in [2.75, 3.05) is 14.2 Å². The number of carbonyl (C=O) groups is 1. The van der Waals surface area contributed by atoms with Crippen LogP contribution < -0.4 is 0 Å². The molecule has 2 aromatic rings. The Morgan fingerprint density at radius 2 is 2.00 bits per heavy atom. The fraction of sp³-hybridized carbons (Fsp3) is 0.231. The lowest BCUT2D eigenvalue weighted by Gasteiger charge is -2.13. The van der Waals surface area contributed by atoms with E-state index in [1.807, 2.05) is 36.5 Å². The molecule has 0 radical (unpaired) electrons. The SMILES string of the molecule is COC(=O)C(OC)c1ccc(-n2cccn2)cc1. The number of esters is 1. The minimum Gasteiger partial charge on any atom is -0.467 e. The highest BCUT2D eigenvalue weighted by atomic mass is 16.6. The standard InChI is InChI=1S/C13H14N2O3/c1-17-12(13(16)18-2)10-4-6-11(7-5-10)15-9-3-8-14-15/h3-9,12H,1-2H3. The molecule has 0 amide bonds. The van der Waals surface area contributed by atoms with Crippen molar-refractivity contribution in [3.8, 4) is 5.69 Å². The van der Waals surface area contributed by atoms with Gasteiger partial charge < -0.3 is 9.47 Å². The van der Waals surface area contributed by atoms with E-state index < -0.39 is 12.1 Å². The van der Waals surface area contributed by atoms with Gasteiger partial charge in [0.1, 0.15) is 0 Å². The lowest BCUT2D eigenvalue weighted by atomic mass is 10.1. The second kappa shape index (κ2) is 5.46. The number of carbonyl (C=O) groups excluding carboxylic acids is 1. The summed E-state index contributed by atoms with van der Waals surface area (Å²) in [6.07, 6.45) is 2.87. The third-order valence-corrected chi connectivity index (χ3v) is 2.62. The Bertz CT molecular complexity index is 506. The van der Waals surface area contributed by atoms with E-state index in [9.17, 15) is 4.79 Å². The van der Waals surface area contributed by atoms with Crippen LogP contribution in [0.1, 0.15) is 11.7 Å². The summed E-state index contributed by atoms with van der Waals surface area (Å²) in [5, 5.41) is 4.13. The lowest BCUT2D eigenvalue weighted by molar-refractivity contribution is -0.152. The van der Waals surface area contributed by atoms with Crippen LogP contribution in [0.2, 0.25) is 0 Å². The molecule has 1 atom stereocenters. The van der Waals surface area contributed by atoms with E-state index in [-0.39, 0.29) is 0 Å². The Kier molecular flexibility index (Phi) is 3.74. The molecule has 0 aliphatic rings. The van der Waals surface area contributed by atoms with Gasteiger partial charge in [-0.1, -0.05) is 12.1 Å². The summed E-state index contributed by atoms with van der Waals surface area (Å²) < 4.78 is 11.5. The molecule has 18 heavy (non-hydrogen) atoms. The number of aromatic nitrogens is 2. The molecule has 0 spiro atoms. The topological polar surface area (TPSA) is 53.4 Å². The van der Waals surface area contributed by atoms with E-state index >= 15 is 0 Å². The van der Waals surface area contributed by atoms with Crippen molar-refractivity contribution in [1.29, 1.82) is 0 Å². The summed E-state index contributed by atoms with van der Waals surface area (Å²) in [6, 6.07) is 9.24. The zero-order valence-corrected chi connectivity index (χ0v) is 10.2.